The van der Waals surface area contributed by atoms with E-state index in [0.29, 0.717) is 55.3 Å². The van der Waals surface area contributed by atoms with E-state index in [1.54, 1.807) is 29.1 Å². The van der Waals surface area contributed by atoms with Gasteiger partial charge >= 0.3 is 0 Å². The lowest BCUT2D eigenvalue weighted by Crippen LogP contribution is -2.48. The monoisotopic (exact) mass is 621 g/mol. The minimum atomic E-state index is -3.06. The van der Waals surface area contributed by atoms with Crippen LogP contribution in [0, 0.1) is 11.8 Å². The number of nitrogens with one attached hydrogen (secondary N) is 1. The molecule has 1 N–H and O–H groups in total. The summed E-state index contributed by atoms with van der Waals surface area (Å²) in [6, 6.07) is 12.1. The number of fused-ring (bicyclic) bond motifs is 1. The fourth-order valence-corrected chi connectivity index (χ4v) is 5.80. The molecule has 1 aromatic carbocycles. The summed E-state index contributed by atoms with van der Waals surface area (Å²) >= 11 is 0. The summed E-state index contributed by atoms with van der Waals surface area (Å²) in [6.45, 7) is 3.09. The van der Waals surface area contributed by atoms with Gasteiger partial charge in [0.05, 0.1) is 23.2 Å². The average molecular weight is 622 g/mol. The number of halogens is 2. The molecule has 0 spiro atoms. The van der Waals surface area contributed by atoms with Crippen molar-refractivity contribution >= 4 is 33.0 Å². The molecule has 44 heavy (non-hydrogen) atoms. The number of nitrogens with zero attached hydrogens (tertiary/aromatic N) is 8. The van der Waals surface area contributed by atoms with Gasteiger partial charge in [0, 0.05) is 69.4 Å². The van der Waals surface area contributed by atoms with E-state index < -0.39 is 21.7 Å². The summed E-state index contributed by atoms with van der Waals surface area (Å²) in [4.78, 5) is 24.8. The molecule has 0 bridgehead atoms. The third-order valence-corrected chi connectivity index (χ3v) is 8.32. The van der Waals surface area contributed by atoms with Crippen molar-refractivity contribution in [2.24, 2.45) is 7.05 Å². The molecule has 228 valence electrons. The van der Waals surface area contributed by atoms with Crippen LogP contribution in [0.2, 0.25) is 0 Å². The average Bonchev–Trinajstić information content (AvgIpc) is 3.55. The van der Waals surface area contributed by atoms with Crippen molar-refractivity contribution in [2.45, 2.75) is 0 Å². The van der Waals surface area contributed by atoms with Gasteiger partial charge in [-0.05, 0) is 42.5 Å². The fourth-order valence-electron chi connectivity index (χ4n) is 5.21. The van der Waals surface area contributed by atoms with E-state index in [2.05, 4.69) is 25.1 Å². The van der Waals surface area contributed by atoms with E-state index in [9.17, 15) is 22.0 Å². The Morgan fingerprint density at radius 3 is 2.45 bits per heavy atom. The van der Waals surface area contributed by atoms with Gasteiger partial charge in [0.1, 0.15) is 27.2 Å². The summed E-state index contributed by atoms with van der Waals surface area (Å²) in [6.07, 6.45) is 4.01. The maximum absolute atomic E-state index is 13.8. The number of amides is 1. The second kappa shape index (κ2) is 11.7. The van der Waals surface area contributed by atoms with Crippen molar-refractivity contribution in [3.63, 3.8) is 0 Å². The number of imidazole rings is 1. The van der Waals surface area contributed by atoms with Crippen molar-refractivity contribution < 1.29 is 22.0 Å². The third kappa shape index (κ3) is 6.28. The summed E-state index contributed by atoms with van der Waals surface area (Å²) in [5.74, 6) is -0.523. The van der Waals surface area contributed by atoms with Gasteiger partial charge in [0.2, 0.25) is 5.95 Å². The van der Waals surface area contributed by atoms with Crippen LogP contribution in [0.15, 0.2) is 60.9 Å². The molecule has 0 atom stereocenters. The minimum absolute atomic E-state index is 0.101. The van der Waals surface area contributed by atoms with E-state index >= 15 is 0 Å². The molecular formula is C29H29F2N9O3S. The number of aromatic nitrogens is 6. The third-order valence-electron chi connectivity index (χ3n) is 7.39. The van der Waals surface area contributed by atoms with Crippen LogP contribution in [0.3, 0.4) is 0 Å². The molecule has 1 amide bonds. The predicted octanol–water partition coefficient (Wildman–Crippen LogP) is 2.89. The minimum Gasteiger partial charge on any atom is -0.354 e. The molecule has 0 radical (unpaired) electrons. The standard InChI is InChI=1S/C29H29F2N9O3S/c1-37-29(39-13-11-38(12-14-39)15-16-44(2,42)43)26(27(36-37)19-3-5-21(30)6-4-19)22-7-8-25-33-24(18-40(25)35-22)34-28(41)20-9-10-32-23(31)17-20/h3-10,17-18H,11-16H2,1-2H3,(H,34,41). The highest BCUT2D eigenvalue weighted by molar-refractivity contribution is 7.90. The van der Waals surface area contributed by atoms with Crippen LogP contribution in [-0.2, 0) is 16.9 Å². The van der Waals surface area contributed by atoms with Gasteiger partial charge in [0.15, 0.2) is 11.5 Å². The molecule has 5 heterocycles. The molecule has 0 saturated carbocycles. The van der Waals surface area contributed by atoms with Gasteiger partial charge in [-0.25, -0.2) is 27.3 Å². The van der Waals surface area contributed by atoms with Crippen LogP contribution < -0.4 is 10.2 Å². The van der Waals surface area contributed by atoms with Gasteiger partial charge in [-0.2, -0.15) is 14.6 Å². The number of benzene rings is 1. The molecule has 6 rings (SSSR count). The first-order valence-electron chi connectivity index (χ1n) is 13.8. The van der Waals surface area contributed by atoms with E-state index in [-0.39, 0.29) is 23.0 Å². The number of anilines is 2. The Hall–Kier alpha value is -4.76. The number of hydrogen-bond acceptors (Lipinski definition) is 9. The molecule has 12 nitrogen and oxygen atoms in total. The lowest BCUT2D eigenvalue weighted by atomic mass is 10.0. The zero-order chi connectivity index (χ0) is 31.0. The number of piperazine rings is 1. The zero-order valence-corrected chi connectivity index (χ0v) is 24.8. The summed E-state index contributed by atoms with van der Waals surface area (Å²) < 4.78 is 54.0. The first-order valence-corrected chi connectivity index (χ1v) is 15.9. The highest BCUT2D eigenvalue weighted by Crippen LogP contribution is 2.39. The van der Waals surface area contributed by atoms with Crippen LogP contribution in [0.1, 0.15) is 10.4 Å². The molecule has 1 aliphatic heterocycles. The van der Waals surface area contributed by atoms with E-state index in [1.807, 2.05) is 13.1 Å². The number of carbonyl (C=O) groups excluding carboxylic acids is 1. The zero-order valence-electron chi connectivity index (χ0n) is 24.0. The van der Waals surface area contributed by atoms with Gasteiger partial charge in [-0.3, -0.25) is 14.4 Å². The Morgan fingerprint density at radius 2 is 1.75 bits per heavy atom. The number of hydrogen-bond donors (Lipinski definition) is 1. The fraction of sp³-hybridized carbons (Fsp3) is 0.276. The Kier molecular flexibility index (Phi) is 7.82. The quantitative estimate of drug-likeness (QED) is 0.260. The second-order valence-corrected chi connectivity index (χ2v) is 12.9. The number of carbonyl (C=O) groups is 1. The number of pyridine rings is 1. The van der Waals surface area contributed by atoms with Crippen molar-refractivity contribution in [3.8, 4) is 22.5 Å². The topological polar surface area (TPSA) is 131 Å². The highest BCUT2D eigenvalue weighted by Gasteiger charge is 2.28. The summed E-state index contributed by atoms with van der Waals surface area (Å²) in [5.41, 5.74) is 3.20. The van der Waals surface area contributed by atoms with Crippen LogP contribution in [0.4, 0.5) is 20.4 Å². The van der Waals surface area contributed by atoms with Crippen molar-refractivity contribution in [1.82, 2.24) is 34.3 Å². The Labute approximate surface area is 251 Å². The van der Waals surface area contributed by atoms with Gasteiger partial charge in [-0.1, -0.05) is 0 Å². The first-order chi connectivity index (χ1) is 21.0. The van der Waals surface area contributed by atoms with E-state index in [1.165, 1.54) is 35.2 Å². The molecule has 1 aliphatic rings. The first kappa shape index (κ1) is 29.3. The normalized spacial score (nSPS) is 14.3. The largest absolute Gasteiger partial charge is 0.354 e. The molecular weight excluding hydrogens is 592 g/mol. The molecule has 1 fully saturated rings. The van der Waals surface area contributed by atoms with Crippen LogP contribution in [0.5, 0.6) is 0 Å². The highest BCUT2D eigenvalue weighted by atomic mass is 32.2. The lowest BCUT2D eigenvalue weighted by Gasteiger charge is -2.36. The van der Waals surface area contributed by atoms with Gasteiger partial charge in [-0.15, -0.1) is 0 Å². The number of aryl methyl sites for hydroxylation is 1. The van der Waals surface area contributed by atoms with Crippen LogP contribution in [0.25, 0.3) is 28.2 Å². The van der Waals surface area contributed by atoms with Crippen LogP contribution >= 0.6 is 0 Å². The van der Waals surface area contributed by atoms with Crippen LogP contribution in [-0.4, -0.2) is 93.3 Å². The van der Waals surface area contributed by atoms with Crippen molar-refractivity contribution in [1.29, 1.82) is 0 Å². The molecule has 4 aromatic heterocycles. The Bertz CT molecular complexity index is 1950. The predicted molar refractivity (Wildman–Crippen MR) is 161 cm³/mol. The van der Waals surface area contributed by atoms with E-state index in [0.717, 1.165) is 17.4 Å². The van der Waals surface area contributed by atoms with E-state index in [4.69, 9.17) is 10.2 Å². The SMILES string of the molecule is Cn1nc(-c2ccc(F)cc2)c(-c2ccc3nc(NC(=O)c4ccnc(F)c4)cn3n2)c1N1CCN(CCS(C)(=O)=O)CC1. The maximum atomic E-state index is 13.8. The van der Waals surface area contributed by atoms with Gasteiger partial charge in [0.25, 0.3) is 5.91 Å². The Morgan fingerprint density at radius 1 is 1.00 bits per heavy atom. The molecule has 0 aliphatic carbocycles. The number of sulfone groups is 1. The summed E-state index contributed by atoms with van der Waals surface area (Å²) in [7, 11) is -1.22. The molecule has 0 unspecified atom stereocenters. The molecule has 1 saturated heterocycles. The molecule has 5 aromatic rings. The summed E-state index contributed by atoms with van der Waals surface area (Å²) in [5, 5.41) is 12.3. The smallest absolute Gasteiger partial charge is 0.257 e. The second-order valence-electron chi connectivity index (χ2n) is 10.6. The van der Waals surface area contributed by atoms with Crippen molar-refractivity contribution in [3.05, 3.63) is 78.3 Å². The Balaban J connectivity index is 1.34. The molecule has 15 heteroatoms. The number of rotatable bonds is 8. The van der Waals surface area contributed by atoms with Gasteiger partial charge < -0.3 is 10.2 Å². The van der Waals surface area contributed by atoms with Crippen molar-refractivity contribution in [2.75, 3.05) is 54.9 Å². The lowest BCUT2D eigenvalue weighted by molar-refractivity contribution is 0.102. The maximum Gasteiger partial charge on any atom is 0.257 e.